The highest BCUT2D eigenvalue weighted by molar-refractivity contribution is 5.76. The molecule has 0 amide bonds. The van der Waals surface area contributed by atoms with Gasteiger partial charge in [-0.3, -0.25) is 0 Å². The average Bonchev–Trinajstić information content (AvgIpc) is 2.00. The Kier molecular flexibility index (Phi) is 3.10. The molecule has 0 fully saturated rings. The summed E-state index contributed by atoms with van der Waals surface area (Å²) in [5.74, 6) is -9.05. The number of halogens is 6. The van der Waals surface area contributed by atoms with Gasteiger partial charge in [-0.2, -0.15) is 22.0 Å². The average molecular weight is 223 g/mol. The second-order valence-corrected chi connectivity index (χ2v) is 2.51. The number of carbonyl (C=O) groups excluding carboxylic acids is 1. The van der Waals surface area contributed by atoms with Crippen molar-refractivity contribution in [3.05, 3.63) is 0 Å². The highest BCUT2D eigenvalue weighted by Gasteiger charge is 2.71. The molecule has 0 saturated heterocycles. The maximum Gasteiger partial charge on any atom is 0.457 e. The number of carboxylic acids is 1. The molecular formula is C6H5F6O2-. The Morgan fingerprint density at radius 1 is 1.14 bits per heavy atom. The monoisotopic (exact) mass is 223 g/mol. The van der Waals surface area contributed by atoms with Gasteiger partial charge in [0.25, 0.3) is 0 Å². The topological polar surface area (TPSA) is 40.1 Å². The third-order valence-corrected chi connectivity index (χ3v) is 1.66. The summed E-state index contributed by atoms with van der Waals surface area (Å²) in [5, 5.41) is 9.88. The maximum atomic E-state index is 12.8. The smallest absolute Gasteiger partial charge is 0.457 e. The van der Waals surface area contributed by atoms with E-state index >= 15 is 0 Å². The first kappa shape index (κ1) is 13.0. The lowest BCUT2D eigenvalue weighted by molar-refractivity contribution is -0.366. The van der Waals surface area contributed by atoms with E-state index in [0.29, 0.717) is 6.92 Å². The summed E-state index contributed by atoms with van der Waals surface area (Å²) in [6.07, 6.45) is -7.81. The van der Waals surface area contributed by atoms with Gasteiger partial charge in [0.05, 0.1) is 5.97 Å². The van der Waals surface area contributed by atoms with Crippen LogP contribution >= 0.6 is 0 Å². The lowest BCUT2D eigenvalue weighted by atomic mass is 9.94. The minimum atomic E-state index is -6.27. The Hall–Kier alpha value is -0.950. The van der Waals surface area contributed by atoms with Gasteiger partial charge < -0.3 is 9.90 Å². The number of aliphatic carboxylic acids is 1. The van der Waals surface area contributed by atoms with Gasteiger partial charge >= 0.3 is 12.1 Å². The Morgan fingerprint density at radius 3 is 1.57 bits per heavy atom. The normalized spacial score (nSPS) is 17.6. The Labute approximate surface area is 74.5 Å². The molecule has 0 bridgehead atoms. The second-order valence-electron chi connectivity index (χ2n) is 2.51. The number of rotatable bonds is 3. The number of carbonyl (C=O) groups is 1. The third kappa shape index (κ3) is 1.64. The zero-order valence-electron chi connectivity index (χ0n) is 6.79. The number of hydrogen-bond donors (Lipinski definition) is 0. The van der Waals surface area contributed by atoms with Gasteiger partial charge in [-0.1, -0.05) is 6.92 Å². The molecule has 0 rings (SSSR count). The molecule has 0 saturated carbocycles. The van der Waals surface area contributed by atoms with Gasteiger partial charge in [-0.25, -0.2) is 4.39 Å². The molecule has 0 heterocycles. The van der Waals surface area contributed by atoms with Gasteiger partial charge in [0.15, 0.2) is 0 Å². The largest absolute Gasteiger partial charge is 0.546 e. The number of hydrogen-bond acceptors (Lipinski definition) is 2. The van der Waals surface area contributed by atoms with E-state index < -0.39 is 30.2 Å². The lowest BCUT2D eigenvalue weighted by Gasteiger charge is -2.34. The Bertz CT molecular complexity index is 235. The molecule has 2 nitrogen and oxygen atoms in total. The molecule has 0 aliphatic rings. The number of alkyl halides is 6. The zero-order valence-corrected chi connectivity index (χ0v) is 6.79. The van der Waals surface area contributed by atoms with Gasteiger partial charge in [0.1, 0.15) is 0 Å². The molecule has 14 heavy (non-hydrogen) atoms. The van der Waals surface area contributed by atoms with Crippen molar-refractivity contribution in [1.29, 1.82) is 0 Å². The highest BCUT2D eigenvalue weighted by atomic mass is 19.4. The van der Waals surface area contributed by atoms with Gasteiger partial charge in [0.2, 0.25) is 5.67 Å². The fraction of sp³-hybridized carbons (Fsp3) is 0.833. The molecule has 0 radical (unpaired) electrons. The summed E-state index contributed by atoms with van der Waals surface area (Å²) in [6.45, 7) is 0.551. The standard InChI is InChI=1S/C6H6F6O2/c1-2-4(7,3(13)14)5(8,9)6(10,11)12/h2H2,1H3,(H,13,14)/p-1. The van der Waals surface area contributed by atoms with Crippen molar-refractivity contribution in [3.63, 3.8) is 0 Å². The predicted octanol–water partition coefficient (Wildman–Crippen LogP) is 1.05. The molecule has 8 heteroatoms. The predicted molar refractivity (Wildman–Crippen MR) is 30.1 cm³/mol. The Morgan fingerprint density at radius 2 is 1.50 bits per heavy atom. The minimum absolute atomic E-state index is 0.551. The first-order valence-corrected chi connectivity index (χ1v) is 3.35. The molecule has 0 aromatic heterocycles. The van der Waals surface area contributed by atoms with E-state index in [1.54, 1.807) is 0 Å². The third-order valence-electron chi connectivity index (χ3n) is 1.66. The van der Waals surface area contributed by atoms with Crippen LogP contribution in [0.5, 0.6) is 0 Å². The maximum absolute atomic E-state index is 12.8. The van der Waals surface area contributed by atoms with Crippen LogP contribution in [-0.2, 0) is 4.79 Å². The van der Waals surface area contributed by atoms with Gasteiger partial charge in [-0.15, -0.1) is 0 Å². The van der Waals surface area contributed by atoms with E-state index in [1.807, 2.05) is 0 Å². The molecular weight excluding hydrogens is 218 g/mol. The first-order chi connectivity index (χ1) is 6.00. The molecule has 0 aromatic carbocycles. The van der Waals surface area contributed by atoms with Crippen LogP contribution in [0, 0.1) is 0 Å². The quantitative estimate of drug-likeness (QED) is 0.671. The molecule has 84 valence electrons. The first-order valence-electron chi connectivity index (χ1n) is 3.35. The van der Waals surface area contributed by atoms with Crippen LogP contribution in [-0.4, -0.2) is 23.7 Å². The minimum Gasteiger partial charge on any atom is -0.546 e. The van der Waals surface area contributed by atoms with E-state index in [-0.39, 0.29) is 0 Å². The van der Waals surface area contributed by atoms with Crippen LogP contribution < -0.4 is 5.11 Å². The fourth-order valence-corrected chi connectivity index (χ4v) is 0.719. The van der Waals surface area contributed by atoms with Crippen LogP contribution in [0.2, 0.25) is 0 Å². The summed E-state index contributed by atoms with van der Waals surface area (Å²) >= 11 is 0. The van der Waals surface area contributed by atoms with E-state index in [4.69, 9.17) is 0 Å². The van der Waals surface area contributed by atoms with E-state index in [1.165, 1.54) is 0 Å². The van der Waals surface area contributed by atoms with Crippen LogP contribution in [0.1, 0.15) is 13.3 Å². The van der Waals surface area contributed by atoms with Crippen molar-refractivity contribution in [2.45, 2.75) is 31.1 Å². The van der Waals surface area contributed by atoms with Gasteiger partial charge in [0, 0.05) is 0 Å². The SMILES string of the molecule is CCC(F)(C(=O)[O-])C(F)(F)C(F)(F)F. The molecule has 0 spiro atoms. The molecule has 0 aromatic rings. The van der Waals surface area contributed by atoms with Gasteiger partial charge in [-0.05, 0) is 6.42 Å². The van der Waals surface area contributed by atoms with Crippen molar-refractivity contribution >= 4 is 5.97 Å². The summed E-state index contributed by atoms with van der Waals surface area (Å²) in [5.41, 5.74) is -4.73. The van der Waals surface area contributed by atoms with Crippen LogP contribution in [0.4, 0.5) is 26.3 Å². The molecule has 1 unspecified atom stereocenters. The summed E-state index contributed by atoms with van der Waals surface area (Å²) < 4.78 is 72.2. The number of carboxylic acid groups (broad SMARTS) is 1. The van der Waals surface area contributed by atoms with Crippen molar-refractivity contribution < 1.29 is 36.2 Å². The molecule has 0 aliphatic carbocycles. The Balaban J connectivity index is 5.34. The summed E-state index contributed by atoms with van der Waals surface area (Å²) in [6, 6.07) is 0. The molecule has 0 N–H and O–H groups in total. The van der Waals surface area contributed by atoms with E-state index in [0.717, 1.165) is 0 Å². The summed E-state index contributed by atoms with van der Waals surface area (Å²) in [7, 11) is 0. The van der Waals surface area contributed by atoms with Crippen molar-refractivity contribution in [2.24, 2.45) is 0 Å². The fourth-order valence-electron chi connectivity index (χ4n) is 0.719. The van der Waals surface area contributed by atoms with Crippen LogP contribution in [0.3, 0.4) is 0 Å². The van der Waals surface area contributed by atoms with E-state index in [2.05, 4.69) is 0 Å². The van der Waals surface area contributed by atoms with Crippen LogP contribution in [0.25, 0.3) is 0 Å². The second kappa shape index (κ2) is 3.32. The highest BCUT2D eigenvalue weighted by Crippen LogP contribution is 2.46. The van der Waals surface area contributed by atoms with Crippen molar-refractivity contribution in [1.82, 2.24) is 0 Å². The van der Waals surface area contributed by atoms with Crippen molar-refractivity contribution in [3.8, 4) is 0 Å². The molecule has 0 aliphatic heterocycles. The van der Waals surface area contributed by atoms with E-state index in [9.17, 15) is 36.2 Å². The molecule has 1 atom stereocenters. The van der Waals surface area contributed by atoms with Crippen molar-refractivity contribution in [2.75, 3.05) is 0 Å². The van der Waals surface area contributed by atoms with Crippen LogP contribution in [0.15, 0.2) is 0 Å². The lowest BCUT2D eigenvalue weighted by Crippen LogP contribution is -2.62. The zero-order chi connectivity index (χ0) is 11.8. The summed E-state index contributed by atoms with van der Waals surface area (Å²) in [4.78, 5) is 9.88.